The highest BCUT2D eigenvalue weighted by Crippen LogP contribution is 2.26. The number of hydrogen-bond acceptors (Lipinski definition) is 5. The van der Waals surface area contributed by atoms with Gasteiger partial charge in [-0.1, -0.05) is 0 Å². The third-order valence-corrected chi connectivity index (χ3v) is 4.25. The lowest BCUT2D eigenvalue weighted by Gasteiger charge is -2.19. The molecule has 5 nitrogen and oxygen atoms in total. The van der Waals surface area contributed by atoms with Crippen LogP contribution >= 0.6 is 0 Å². The first-order chi connectivity index (χ1) is 12.8. The van der Waals surface area contributed by atoms with Crippen molar-refractivity contribution >= 4 is 5.78 Å². The lowest BCUT2D eigenvalue weighted by atomic mass is 9.98. The maximum absolute atomic E-state index is 12.3. The van der Waals surface area contributed by atoms with Gasteiger partial charge in [-0.05, 0) is 38.5 Å². The number of aliphatic hydroxyl groups is 2. The van der Waals surface area contributed by atoms with E-state index in [1.807, 2.05) is 0 Å². The summed E-state index contributed by atoms with van der Waals surface area (Å²) in [7, 11) is 2.27. The summed E-state index contributed by atoms with van der Waals surface area (Å²) in [5, 5.41) is 19.5. The summed E-state index contributed by atoms with van der Waals surface area (Å²) in [4.78, 5) is 11.9. The molecule has 0 saturated heterocycles. The molecule has 28 heavy (non-hydrogen) atoms. The van der Waals surface area contributed by atoms with Crippen molar-refractivity contribution in [3.63, 3.8) is 0 Å². The highest BCUT2D eigenvalue weighted by atomic mass is 19.4. The van der Waals surface area contributed by atoms with Gasteiger partial charge in [-0.15, -0.1) is 0 Å². The number of ketones is 1. The first-order valence-corrected chi connectivity index (χ1v) is 8.88. The summed E-state index contributed by atoms with van der Waals surface area (Å²) in [6.45, 7) is 0. The number of Topliss-reactive ketones (excluding diaryl/α,β-unsaturated/α-hetero) is 1. The van der Waals surface area contributed by atoms with Crippen molar-refractivity contribution in [2.75, 3.05) is 14.2 Å². The van der Waals surface area contributed by atoms with E-state index in [1.54, 1.807) is 0 Å². The molecule has 0 aromatic carbocycles. The van der Waals surface area contributed by atoms with Gasteiger partial charge in [0, 0.05) is 14.2 Å². The van der Waals surface area contributed by atoms with Crippen LogP contribution in [0.3, 0.4) is 0 Å². The van der Waals surface area contributed by atoms with E-state index in [0.29, 0.717) is 0 Å². The molecule has 0 aliphatic heterocycles. The van der Waals surface area contributed by atoms with Crippen LogP contribution in [0.25, 0.3) is 0 Å². The maximum atomic E-state index is 12.3. The van der Waals surface area contributed by atoms with Crippen molar-refractivity contribution < 1.29 is 50.8 Å². The molecular weight excluding hydrogens is 398 g/mol. The van der Waals surface area contributed by atoms with Crippen molar-refractivity contribution in [1.82, 2.24) is 0 Å². The summed E-state index contributed by atoms with van der Waals surface area (Å²) in [5.41, 5.74) is 0. The van der Waals surface area contributed by atoms with Crippen molar-refractivity contribution in [1.29, 1.82) is 0 Å². The Morgan fingerprint density at radius 2 is 1.07 bits per heavy atom. The van der Waals surface area contributed by atoms with Gasteiger partial charge in [0.25, 0.3) is 0 Å². The smallest absolute Gasteiger partial charge is 0.385 e. The zero-order valence-electron chi connectivity index (χ0n) is 15.9. The first kappa shape index (κ1) is 27.1. The Bertz CT molecular complexity index is 403. The Kier molecular flexibility index (Phi) is 12.2. The van der Waals surface area contributed by atoms with Crippen LogP contribution in [-0.2, 0) is 14.3 Å². The lowest BCUT2D eigenvalue weighted by molar-refractivity contribution is -0.159. The summed E-state index contributed by atoms with van der Waals surface area (Å²) in [6.07, 6.45) is -16.6. The number of carbonyl (C=O) groups is 1. The predicted molar refractivity (Wildman–Crippen MR) is 87.7 cm³/mol. The summed E-state index contributed by atoms with van der Waals surface area (Å²) in [6, 6.07) is 0. The number of ether oxygens (including phenoxy) is 2. The van der Waals surface area contributed by atoms with E-state index in [4.69, 9.17) is 9.47 Å². The van der Waals surface area contributed by atoms with Crippen LogP contribution in [0.2, 0.25) is 0 Å². The molecule has 2 N–H and O–H groups in total. The summed E-state index contributed by atoms with van der Waals surface area (Å²) >= 11 is 0. The lowest BCUT2D eigenvalue weighted by Crippen LogP contribution is -2.32. The number of methoxy groups -OCH3 is 2. The minimum absolute atomic E-state index is 0.0244. The standard InChI is InChI=1S/C17H28F6O5/c1-27-11(9-16(18,19)20)5-3-7-13(24)15(26)14(25)8-4-6-12(28-2)10-17(21,22)23/h11-14,24-25H,3-10H2,1-2H3/t11?,12?,13-,14-/m1/s1. The number of carbonyl (C=O) groups excluding carboxylic acids is 1. The Balaban J connectivity index is 4.23. The Labute approximate surface area is 160 Å². The third kappa shape index (κ3) is 13.3. The van der Waals surface area contributed by atoms with Gasteiger partial charge in [0.1, 0.15) is 12.2 Å². The fourth-order valence-electron chi connectivity index (χ4n) is 2.71. The van der Waals surface area contributed by atoms with Crippen LogP contribution in [0.4, 0.5) is 26.3 Å². The fourth-order valence-corrected chi connectivity index (χ4v) is 2.71. The van der Waals surface area contributed by atoms with E-state index < -0.39 is 55.4 Å². The molecule has 0 bridgehead atoms. The quantitative estimate of drug-likeness (QED) is 0.416. The number of hydrogen-bond donors (Lipinski definition) is 2. The average molecular weight is 426 g/mol. The molecule has 0 radical (unpaired) electrons. The second-order valence-electron chi connectivity index (χ2n) is 6.65. The van der Waals surface area contributed by atoms with Gasteiger partial charge in [-0.2, -0.15) is 26.3 Å². The second-order valence-corrected chi connectivity index (χ2v) is 6.65. The van der Waals surface area contributed by atoms with Gasteiger partial charge >= 0.3 is 12.4 Å². The van der Waals surface area contributed by atoms with Gasteiger partial charge in [0.2, 0.25) is 0 Å². The SMILES string of the molecule is COC(CCC[C@@H](O)C(=O)[C@H](O)CCCC(CC(F)(F)F)OC)CC(F)(F)F. The molecule has 0 aromatic heterocycles. The molecule has 0 amide bonds. The van der Waals surface area contributed by atoms with Crippen molar-refractivity contribution in [2.45, 2.75) is 88.1 Å². The molecule has 2 unspecified atom stereocenters. The molecule has 0 aliphatic carbocycles. The molecule has 168 valence electrons. The van der Waals surface area contributed by atoms with Crippen LogP contribution in [0.15, 0.2) is 0 Å². The number of halogens is 6. The summed E-state index contributed by atoms with van der Waals surface area (Å²) in [5.74, 6) is -0.908. The maximum Gasteiger partial charge on any atom is 0.391 e. The van der Waals surface area contributed by atoms with E-state index >= 15 is 0 Å². The van der Waals surface area contributed by atoms with E-state index in [-0.39, 0.29) is 38.5 Å². The second kappa shape index (κ2) is 12.6. The van der Waals surface area contributed by atoms with Crippen molar-refractivity contribution in [2.24, 2.45) is 0 Å². The van der Waals surface area contributed by atoms with E-state index in [1.165, 1.54) is 0 Å². The highest BCUT2D eigenvalue weighted by molar-refractivity contribution is 5.86. The predicted octanol–water partition coefficient (Wildman–Crippen LogP) is 3.55. The number of alkyl halides is 6. The monoisotopic (exact) mass is 426 g/mol. The number of rotatable bonds is 14. The highest BCUT2D eigenvalue weighted by Gasteiger charge is 2.33. The minimum Gasteiger partial charge on any atom is -0.385 e. The molecule has 0 heterocycles. The largest absolute Gasteiger partial charge is 0.391 e. The van der Waals surface area contributed by atoms with E-state index in [9.17, 15) is 41.4 Å². The number of aliphatic hydroxyl groups excluding tert-OH is 2. The van der Waals surface area contributed by atoms with Gasteiger partial charge in [-0.25, -0.2) is 0 Å². The Hall–Kier alpha value is -0.910. The first-order valence-electron chi connectivity index (χ1n) is 8.88. The molecule has 0 fully saturated rings. The zero-order chi connectivity index (χ0) is 22.0. The van der Waals surface area contributed by atoms with Gasteiger partial charge < -0.3 is 19.7 Å². The van der Waals surface area contributed by atoms with Gasteiger partial charge in [0.15, 0.2) is 5.78 Å². The molecule has 0 saturated carbocycles. The minimum atomic E-state index is -4.39. The molecule has 4 atom stereocenters. The van der Waals surface area contributed by atoms with Crippen LogP contribution in [0.5, 0.6) is 0 Å². The van der Waals surface area contributed by atoms with Crippen LogP contribution in [0.1, 0.15) is 51.4 Å². The molecule has 0 aromatic rings. The Morgan fingerprint density at radius 3 is 1.32 bits per heavy atom. The Morgan fingerprint density at radius 1 is 0.750 bits per heavy atom. The van der Waals surface area contributed by atoms with Crippen molar-refractivity contribution in [3.05, 3.63) is 0 Å². The van der Waals surface area contributed by atoms with Gasteiger partial charge in [0.05, 0.1) is 25.0 Å². The van der Waals surface area contributed by atoms with E-state index in [2.05, 4.69) is 0 Å². The molecular formula is C17H28F6O5. The van der Waals surface area contributed by atoms with Crippen molar-refractivity contribution in [3.8, 4) is 0 Å². The van der Waals surface area contributed by atoms with E-state index in [0.717, 1.165) is 14.2 Å². The van der Waals surface area contributed by atoms with Gasteiger partial charge in [-0.3, -0.25) is 4.79 Å². The molecule has 0 rings (SSSR count). The van der Waals surface area contributed by atoms with Crippen LogP contribution in [0, 0.1) is 0 Å². The molecule has 0 aliphatic rings. The average Bonchev–Trinajstić information content (AvgIpc) is 2.56. The normalized spacial score (nSPS) is 17.2. The fraction of sp³-hybridized carbons (Fsp3) is 0.941. The zero-order valence-corrected chi connectivity index (χ0v) is 15.9. The summed E-state index contributed by atoms with van der Waals surface area (Å²) < 4.78 is 83.3. The topological polar surface area (TPSA) is 76.0 Å². The van der Waals surface area contributed by atoms with Crippen LogP contribution < -0.4 is 0 Å². The third-order valence-electron chi connectivity index (χ3n) is 4.25. The van der Waals surface area contributed by atoms with Crippen LogP contribution in [-0.4, -0.2) is 67.0 Å². The molecule has 11 heteroatoms. The molecule has 0 spiro atoms.